The highest BCUT2D eigenvalue weighted by atomic mass is 15.5. The van der Waals surface area contributed by atoms with Crippen molar-refractivity contribution in [2.45, 2.75) is 56.8 Å². The first-order chi connectivity index (χ1) is 12.8. The molecule has 5 rings (SSSR count). The standard InChI is InChI=1S/C20H28N6/c1-2-4-15(5-3-1)12-26-13-19(23-25-26)16-8-9-18-17(10-16)20(24-22-18)21-11-14-6-7-14/h1-5,13-14,16-18,20-22,24H,6-12H2. The molecule has 2 aromatic rings. The largest absolute Gasteiger partial charge is 0.300 e. The first kappa shape index (κ1) is 16.4. The van der Waals surface area contributed by atoms with E-state index in [1.54, 1.807) is 0 Å². The third-order valence-corrected chi connectivity index (χ3v) is 6.24. The molecule has 138 valence electrons. The quantitative estimate of drug-likeness (QED) is 0.742. The van der Waals surface area contributed by atoms with Crippen molar-refractivity contribution in [3.8, 4) is 0 Å². The number of hydrogen-bond donors (Lipinski definition) is 3. The predicted octanol–water partition coefficient (Wildman–Crippen LogP) is 2.01. The molecule has 6 heteroatoms. The summed E-state index contributed by atoms with van der Waals surface area (Å²) in [5, 5.41) is 12.6. The van der Waals surface area contributed by atoms with Crippen LogP contribution in [0.25, 0.3) is 0 Å². The average molecular weight is 352 g/mol. The highest BCUT2D eigenvalue weighted by molar-refractivity contribution is 5.15. The minimum Gasteiger partial charge on any atom is -0.300 e. The van der Waals surface area contributed by atoms with E-state index < -0.39 is 0 Å². The van der Waals surface area contributed by atoms with E-state index in [9.17, 15) is 0 Å². The maximum absolute atomic E-state index is 4.51. The monoisotopic (exact) mass is 352 g/mol. The molecule has 2 aliphatic carbocycles. The van der Waals surface area contributed by atoms with E-state index in [-0.39, 0.29) is 0 Å². The summed E-state index contributed by atoms with van der Waals surface area (Å²) >= 11 is 0. The molecule has 4 atom stereocenters. The summed E-state index contributed by atoms with van der Waals surface area (Å²) in [5.41, 5.74) is 9.42. The zero-order valence-corrected chi connectivity index (χ0v) is 15.1. The second-order valence-corrected chi connectivity index (χ2v) is 8.22. The zero-order valence-electron chi connectivity index (χ0n) is 15.1. The van der Waals surface area contributed by atoms with Crippen LogP contribution in [-0.4, -0.2) is 33.7 Å². The summed E-state index contributed by atoms with van der Waals surface area (Å²) in [7, 11) is 0. The lowest BCUT2D eigenvalue weighted by atomic mass is 9.76. The maximum Gasteiger partial charge on any atom is 0.0858 e. The molecule has 1 aromatic carbocycles. The summed E-state index contributed by atoms with van der Waals surface area (Å²) < 4.78 is 1.98. The van der Waals surface area contributed by atoms with Crippen LogP contribution in [0.1, 0.15) is 49.3 Å². The fourth-order valence-electron chi connectivity index (χ4n) is 4.49. The van der Waals surface area contributed by atoms with Crippen LogP contribution in [0.2, 0.25) is 0 Å². The van der Waals surface area contributed by atoms with Gasteiger partial charge in [-0.3, -0.25) is 5.43 Å². The van der Waals surface area contributed by atoms with Gasteiger partial charge in [-0.05, 0) is 50.1 Å². The van der Waals surface area contributed by atoms with Crippen molar-refractivity contribution in [1.82, 2.24) is 31.2 Å². The van der Waals surface area contributed by atoms with Crippen LogP contribution in [0.3, 0.4) is 0 Å². The van der Waals surface area contributed by atoms with Crippen molar-refractivity contribution in [2.24, 2.45) is 11.8 Å². The SMILES string of the molecule is c1ccc(Cn2cc(C3CCC4NNC(NCC5CC5)C4C3)nn2)cc1. The first-order valence-corrected chi connectivity index (χ1v) is 10.0. The number of aromatic nitrogens is 3. The Balaban J connectivity index is 1.23. The Kier molecular flexibility index (Phi) is 4.48. The van der Waals surface area contributed by atoms with E-state index in [1.807, 2.05) is 10.7 Å². The van der Waals surface area contributed by atoms with Crippen molar-refractivity contribution >= 4 is 0 Å². The van der Waals surface area contributed by atoms with Gasteiger partial charge in [0.1, 0.15) is 0 Å². The summed E-state index contributed by atoms with van der Waals surface area (Å²) in [6.07, 6.45) is 8.91. The van der Waals surface area contributed by atoms with Gasteiger partial charge in [0, 0.05) is 24.1 Å². The van der Waals surface area contributed by atoms with Crippen molar-refractivity contribution in [3.63, 3.8) is 0 Å². The second kappa shape index (κ2) is 7.10. The van der Waals surface area contributed by atoms with Crippen molar-refractivity contribution in [3.05, 3.63) is 47.8 Å². The summed E-state index contributed by atoms with van der Waals surface area (Å²) in [4.78, 5) is 0. The number of rotatable bonds is 6. The number of fused-ring (bicyclic) bond motifs is 1. The van der Waals surface area contributed by atoms with Crippen LogP contribution in [0.4, 0.5) is 0 Å². The normalized spacial score (nSPS) is 31.1. The Bertz CT molecular complexity index is 725. The number of hydrogen-bond acceptors (Lipinski definition) is 5. The minimum absolute atomic E-state index is 0.391. The van der Waals surface area contributed by atoms with Crippen LogP contribution in [0, 0.1) is 11.8 Å². The number of hydrazine groups is 1. The predicted molar refractivity (Wildman–Crippen MR) is 100 cm³/mol. The summed E-state index contributed by atoms with van der Waals surface area (Å²) in [6, 6.07) is 11.1. The van der Waals surface area contributed by atoms with Crippen LogP contribution in [-0.2, 0) is 6.54 Å². The third kappa shape index (κ3) is 3.54. The van der Waals surface area contributed by atoms with Crippen molar-refractivity contribution in [1.29, 1.82) is 0 Å². The summed E-state index contributed by atoms with van der Waals surface area (Å²) in [6.45, 7) is 1.95. The molecule has 0 amide bonds. The van der Waals surface area contributed by atoms with Gasteiger partial charge in [-0.15, -0.1) is 5.10 Å². The lowest BCUT2D eigenvalue weighted by molar-refractivity contribution is 0.254. The molecule has 0 radical (unpaired) electrons. The lowest BCUT2D eigenvalue weighted by Crippen LogP contribution is -2.45. The van der Waals surface area contributed by atoms with Crippen molar-refractivity contribution in [2.75, 3.05) is 6.54 Å². The van der Waals surface area contributed by atoms with E-state index in [0.29, 0.717) is 24.0 Å². The van der Waals surface area contributed by atoms with Gasteiger partial charge in [0.25, 0.3) is 0 Å². The number of nitrogens with zero attached hydrogens (tertiary/aromatic N) is 3. The Hall–Kier alpha value is -1.76. The van der Waals surface area contributed by atoms with Crippen LogP contribution in [0.15, 0.2) is 36.5 Å². The molecule has 3 fully saturated rings. The fourth-order valence-corrected chi connectivity index (χ4v) is 4.49. The molecule has 1 saturated heterocycles. The molecule has 0 bridgehead atoms. The smallest absolute Gasteiger partial charge is 0.0858 e. The number of nitrogens with one attached hydrogen (secondary N) is 3. The van der Waals surface area contributed by atoms with E-state index in [0.717, 1.165) is 24.7 Å². The highest BCUT2D eigenvalue weighted by Crippen LogP contribution is 2.38. The third-order valence-electron chi connectivity index (χ3n) is 6.24. The van der Waals surface area contributed by atoms with E-state index in [2.05, 4.69) is 56.9 Å². The highest BCUT2D eigenvalue weighted by Gasteiger charge is 2.41. The molecular formula is C20H28N6. The Labute approximate surface area is 154 Å². The molecule has 1 aliphatic heterocycles. The van der Waals surface area contributed by atoms with Gasteiger partial charge in [0.15, 0.2) is 0 Å². The van der Waals surface area contributed by atoms with Gasteiger partial charge < -0.3 is 5.32 Å². The zero-order chi connectivity index (χ0) is 17.3. The molecule has 4 unspecified atom stereocenters. The van der Waals surface area contributed by atoms with Crippen molar-refractivity contribution < 1.29 is 0 Å². The molecule has 2 saturated carbocycles. The van der Waals surface area contributed by atoms with Gasteiger partial charge in [-0.2, -0.15) is 0 Å². The molecule has 0 spiro atoms. The van der Waals surface area contributed by atoms with Gasteiger partial charge in [0.05, 0.1) is 18.4 Å². The molecule has 2 heterocycles. The van der Waals surface area contributed by atoms with Gasteiger partial charge in [-0.25, -0.2) is 10.1 Å². The minimum atomic E-state index is 0.391. The Morgan fingerprint density at radius 1 is 1.08 bits per heavy atom. The molecule has 6 nitrogen and oxygen atoms in total. The summed E-state index contributed by atoms with van der Waals surface area (Å²) in [5.74, 6) is 2.06. The van der Waals surface area contributed by atoms with E-state index in [4.69, 9.17) is 0 Å². The van der Waals surface area contributed by atoms with E-state index in [1.165, 1.54) is 37.7 Å². The second-order valence-electron chi connectivity index (χ2n) is 8.22. The van der Waals surface area contributed by atoms with Gasteiger partial charge in [0.2, 0.25) is 0 Å². The molecule has 26 heavy (non-hydrogen) atoms. The molecular weight excluding hydrogens is 324 g/mol. The average Bonchev–Trinajstić information content (AvgIpc) is 3.24. The van der Waals surface area contributed by atoms with Crippen LogP contribution in [0.5, 0.6) is 0 Å². The van der Waals surface area contributed by atoms with Crippen LogP contribution >= 0.6 is 0 Å². The van der Waals surface area contributed by atoms with E-state index >= 15 is 0 Å². The molecule has 3 aliphatic rings. The first-order valence-electron chi connectivity index (χ1n) is 10.0. The topological polar surface area (TPSA) is 66.8 Å². The Morgan fingerprint density at radius 3 is 2.81 bits per heavy atom. The fraction of sp³-hybridized carbons (Fsp3) is 0.600. The molecule has 1 aromatic heterocycles. The van der Waals surface area contributed by atoms with Gasteiger partial charge in [-0.1, -0.05) is 35.5 Å². The number of benzene rings is 1. The maximum atomic E-state index is 4.51. The molecule has 3 N–H and O–H groups in total. The van der Waals surface area contributed by atoms with Crippen LogP contribution < -0.4 is 16.2 Å². The Morgan fingerprint density at radius 2 is 1.96 bits per heavy atom. The van der Waals surface area contributed by atoms with Gasteiger partial charge >= 0.3 is 0 Å². The lowest BCUT2D eigenvalue weighted by Gasteiger charge is -2.32.